The van der Waals surface area contributed by atoms with Crippen LogP contribution in [0.4, 0.5) is 0 Å². The fourth-order valence-electron chi connectivity index (χ4n) is 1.08. The highest BCUT2D eigenvalue weighted by Crippen LogP contribution is 2.17. The number of rotatable bonds is 8. The molecule has 0 aromatic carbocycles. The van der Waals surface area contributed by atoms with E-state index in [4.69, 9.17) is 4.74 Å². The van der Waals surface area contributed by atoms with Gasteiger partial charge in [0.25, 0.3) is 0 Å². The molecule has 0 bridgehead atoms. The van der Waals surface area contributed by atoms with Crippen LogP contribution < -0.4 is 5.32 Å². The molecule has 86 valence electrons. The lowest BCUT2D eigenvalue weighted by molar-refractivity contribution is 0.106. The highest BCUT2D eigenvalue weighted by atomic mass is 16.5. The van der Waals surface area contributed by atoms with Gasteiger partial charge in [-0.05, 0) is 37.8 Å². The SMILES string of the molecule is CCCNCCCOCCC(C)(C)C. The van der Waals surface area contributed by atoms with E-state index >= 15 is 0 Å². The van der Waals surface area contributed by atoms with E-state index in [0.717, 1.165) is 39.1 Å². The second-order valence-corrected chi connectivity index (χ2v) is 5.03. The Labute approximate surface area is 89.4 Å². The van der Waals surface area contributed by atoms with Crippen molar-refractivity contribution in [1.29, 1.82) is 0 Å². The van der Waals surface area contributed by atoms with E-state index in [1.54, 1.807) is 0 Å². The molecule has 0 aliphatic carbocycles. The topological polar surface area (TPSA) is 21.3 Å². The van der Waals surface area contributed by atoms with Crippen LogP contribution in [0.1, 0.15) is 47.0 Å². The van der Waals surface area contributed by atoms with Crippen molar-refractivity contribution in [2.24, 2.45) is 5.41 Å². The molecule has 2 nitrogen and oxygen atoms in total. The summed E-state index contributed by atoms with van der Waals surface area (Å²) in [5.41, 5.74) is 0.403. The van der Waals surface area contributed by atoms with Gasteiger partial charge in [-0.2, -0.15) is 0 Å². The van der Waals surface area contributed by atoms with E-state index in [9.17, 15) is 0 Å². The van der Waals surface area contributed by atoms with Gasteiger partial charge in [0.2, 0.25) is 0 Å². The van der Waals surface area contributed by atoms with Crippen molar-refractivity contribution in [3.8, 4) is 0 Å². The van der Waals surface area contributed by atoms with Crippen LogP contribution >= 0.6 is 0 Å². The van der Waals surface area contributed by atoms with E-state index in [1.165, 1.54) is 6.42 Å². The molecule has 0 radical (unpaired) electrons. The molecule has 2 heteroatoms. The molecule has 0 fully saturated rings. The highest BCUT2D eigenvalue weighted by Gasteiger charge is 2.08. The fraction of sp³-hybridized carbons (Fsp3) is 1.00. The van der Waals surface area contributed by atoms with Crippen LogP contribution in [0.25, 0.3) is 0 Å². The molecule has 0 saturated carbocycles. The summed E-state index contributed by atoms with van der Waals surface area (Å²) in [6.07, 6.45) is 3.49. The van der Waals surface area contributed by atoms with Crippen molar-refractivity contribution in [2.45, 2.75) is 47.0 Å². The number of ether oxygens (including phenoxy) is 1. The first-order chi connectivity index (χ1) is 6.56. The Kier molecular flexibility index (Phi) is 8.20. The Morgan fingerprint density at radius 1 is 1.07 bits per heavy atom. The number of nitrogens with one attached hydrogen (secondary N) is 1. The molecule has 0 aromatic rings. The molecule has 0 aliphatic rings. The zero-order valence-electron chi connectivity index (χ0n) is 10.4. The summed E-state index contributed by atoms with van der Waals surface area (Å²) < 4.78 is 5.55. The normalized spacial score (nSPS) is 12.0. The van der Waals surface area contributed by atoms with Gasteiger partial charge in [-0.3, -0.25) is 0 Å². The molecule has 0 heterocycles. The molecular formula is C12H27NO. The minimum Gasteiger partial charge on any atom is -0.381 e. The maximum Gasteiger partial charge on any atom is 0.0478 e. The predicted molar refractivity (Wildman–Crippen MR) is 62.7 cm³/mol. The molecular weight excluding hydrogens is 174 g/mol. The Bertz CT molecular complexity index is 118. The van der Waals surface area contributed by atoms with Crippen LogP contribution in [0.3, 0.4) is 0 Å². The lowest BCUT2D eigenvalue weighted by Crippen LogP contribution is -2.18. The first-order valence-corrected chi connectivity index (χ1v) is 5.85. The van der Waals surface area contributed by atoms with Gasteiger partial charge in [0.1, 0.15) is 0 Å². The molecule has 0 aromatic heterocycles. The van der Waals surface area contributed by atoms with Crippen LogP contribution in [0, 0.1) is 5.41 Å². The van der Waals surface area contributed by atoms with E-state index in [1.807, 2.05) is 0 Å². The lowest BCUT2D eigenvalue weighted by Gasteiger charge is -2.17. The summed E-state index contributed by atoms with van der Waals surface area (Å²) in [6, 6.07) is 0. The standard InChI is InChI=1S/C12H27NO/c1-5-8-13-9-6-10-14-11-7-12(2,3)4/h13H,5-11H2,1-4H3. The number of hydrogen-bond acceptors (Lipinski definition) is 2. The molecule has 1 N–H and O–H groups in total. The Hall–Kier alpha value is -0.0800. The van der Waals surface area contributed by atoms with Gasteiger partial charge < -0.3 is 10.1 Å². The van der Waals surface area contributed by atoms with Gasteiger partial charge in [-0.25, -0.2) is 0 Å². The minimum atomic E-state index is 0.403. The molecule has 14 heavy (non-hydrogen) atoms. The third kappa shape index (κ3) is 11.9. The second-order valence-electron chi connectivity index (χ2n) is 5.03. The summed E-state index contributed by atoms with van der Waals surface area (Å²) in [6.45, 7) is 12.9. The smallest absolute Gasteiger partial charge is 0.0478 e. The van der Waals surface area contributed by atoms with Crippen molar-refractivity contribution in [3.63, 3.8) is 0 Å². The molecule has 0 aliphatic heterocycles. The Balaban J connectivity index is 2.99. The van der Waals surface area contributed by atoms with Gasteiger partial charge in [0.15, 0.2) is 0 Å². The predicted octanol–water partition coefficient (Wildman–Crippen LogP) is 2.83. The zero-order chi connectivity index (χ0) is 10.9. The van der Waals surface area contributed by atoms with Crippen LogP contribution in [-0.2, 0) is 4.74 Å². The third-order valence-electron chi connectivity index (χ3n) is 2.07. The van der Waals surface area contributed by atoms with E-state index in [-0.39, 0.29) is 0 Å². The first kappa shape index (κ1) is 13.9. The Morgan fingerprint density at radius 2 is 1.79 bits per heavy atom. The number of hydrogen-bond donors (Lipinski definition) is 1. The Morgan fingerprint density at radius 3 is 2.36 bits per heavy atom. The molecule has 0 unspecified atom stereocenters. The van der Waals surface area contributed by atoms with Gasteiger partial charge in [0.05, 0.1) is 0 Å². The maximum absolute atomic E-state index is 5.55. The first-order valence-electron chi connectivity index (χ1n) is 5.85. The third-order valence-corrected chi connectivity index (χ3v) is 2.07. The summed E-state index contributed by atoms with van der Waals surface area (Å²) >= 11 is 0. The van der Waals surface area contributed by atoms with Crippen molar-refractivity contribution < 1.29 is 4.74 Å². The summed E-state index contributed by atoms with van der Waals surface area (Å²) in [5, 5.41) is 3.36. The summed E-state index contributed by atoms with van der Waals surface area (Å²) in [5.74, 6) is 0. The van der Waals surface area contributed by atoms with Crippen molar-refractivity contribution in [2.75, 3.05) is 26.3 Å². The van der Waals surface area contributed by atoms with E-state index in [2.05, 4.69) is 33.0 Å². The van der Waals surface area contributed by atoms with Gasteiger partial charge >= 0.3 is 0 Å². The van der Waals surface area contributed by atoms with Crippen LogP contribution in [0.2, 0.25) is 0 Å². The molecule has 0 rings (SSSR count). The van der Waals surface area contributed by atoms with Gasteiger partial charge in [-0.1, -0.05) is 27.7 Å². The van der Waals surface area contributed by atoms with Crippen LogP contribution in [-0.4, -0.2) is 26.3 Å². The highest BCUT2D eigenvalue weighted by molar-refractivity contribution is 4.59. The minimum absolute atomic E-state index is 0.403. The molecule has 0 amide bonds. The summed E-state index contributed by atoms with van der Waals surface area (Å²) in [4.78, 5) is 0. The fourth-order valence-corrected chi connectivity index (χ4v) is 1.08. The summed E-state index contributed by atoms with van der Waals surface area (Å²) in [7, 11) is 0. The molecule has 0 atom stereocenters. The quantitative estimate of drug-likeness (QED) is 0.610. The monoisotopic (exact) mass is 201 g/mol. The molecule has 0 spiro atoms. The average molecular weight is 201 g/mol. The van der Waals surface area contributed by atoms with E-state index in [0.29, 0.717) is 5.41 Å². The van der Waals surface area contributed by atoms with Gasteiger partial charge in [-0.15, -0.1) is 0 Å². The van der Waals surface area contributed by atoms with Crippen LogP contribution in [0.5, 0.6) is 0 Å². The van der Waals surface area contributed by atoms with Gasteiger partial charge in [0, 0.05) is 13.2 Å². The van der Waals surface area contributed by atoms with Crippen molar-refractivity contribution in [1.82, 2.24) is 5.32 Å². The maximum atomic E-state index is 5.55. The van der Waals surface area contributed by atoms with Crippen molar-refractivity contribution >= 4 is 0 Å². The van der Waals surface area contributed by atoms with Crippen molar-refractivity contribution in [3.05, 3.63) is 0 Å². The zero-order valence-corrected chi connectivity index (χ0v) is 10.4. The second kappa shape index (κ2) is 8.25. The van der Waals surface area contributed by atoms with Crippen LogP contribution in [0.15, 0.2) is 0 Å². The molecule has 0 saturated heterocycles. The van der Waals surface area contributed by atoms with E-state index < -0.39 is 0 Å². The lowest BCUT2D eigenvalue weighted by atomic mass is 9.93. The largest absolute Gasteiger partial charge is 0.381 e. The average Bonchev–Trinajstić information content (AvgIpc) is 2.08.